The van der Waals surface area contributed by atoms with Crippen molar-refractivity contribution in [2.45, 2.75) is 18.6 Å². The van der Waals surface area contributed by atoms with Gasteiger partial charge in [0.15, 0.2) is 0 Å². The van der Waals surface area contributed by atoms with E-state index < -0.39 is 6.10 Å². The fourth-order valence-corrected chi connectivity index (χ4v) is 1.87. The molecule has 1 aromatic carbocycles. The molecule has 0 saturated carbocycles. The number of hydrogen-bond acceptors (Lipinski definition) is 3. The molecule has 1 saturated heterocycles. The minimum Gasteiger partial charge on any atom is -0.388 e. The van der Waals surface area contributed by atoms with Gasteiger partial charge in [-0.05, 0) is 5.56 Å². The molecule has 1 heterocycles. The Labute approximate surface area is 94.7 Å². The first kappa shape index (κ1) is 11.1. The number of carbonyl (C=O) groups is 1. The minimum atomic E-state index is -0.595. The molecular weight excluding hydrogens is 204 g/mol. The van der Waals surface area contributed by atoms with Crippen LogP contribution in [0.15, 0.2) is 30.3 Å². The largest absolute Gasteiger partial charge is 0.388 e. The SMILES string of the molecule is O=C1NCCNC1CC(O)c1ccccc1. The zero-order valence-electron chi connectivity index (χ0n) is 9.02. The van der Waals surface area contributed by atoms with Crippen LogP contribution in [0.2, 0.25) is 0 Å². The van der Waals surface area contributed by atoms with Crippen LogP contribution in [0.4, 0.5) is 0 Å². The first-order chi connectivity index (χ1) is 7.77. The van der Waals surface area contributed by atoms with Crippen LogP contribution in [0, 0.1) is 0 Å². The Morgan fingerprint density at radius 2 is 2.06 bits per heavy atom. The molecule has 4 heteroatoms. The van der Waals surface area contributed by atoms with Gasteiger partial charge in [0.1, 0.15) is 0 Å². The Bertz CT molecular complexity index is 353. The van der Waals surface area contributed by atoms with E-state index in [-0.39, 0.29) is 11.9 Å². The molecule has 1 aliphatic heterocycles. The molecule has 86 valence electrons. The maximum atomic E-state index is 11.5. The Kier molecular flexibility index (Phi) is 3.54. The van der Waals surface area contributed by atoms with E-state index in [1.807, 2.05) is 30.3 Å². The molecule has 1 fully saturated rings. The van der Waals surface area contributed by atoms with Crippen LogP contribution >= 0.6 is 0 Å². The molecule has 0 bridgehead atoms. The van der Waals surface area contributed by atoms with Gasteiger partial charge >= 0.3 is 0 Å². The summed E-state index contributed by atoms with van der Waals surface area (Å²) in [6.45, 7) is 1.43. The Balaban J connectivity index is 1.96. The molecule has 1 aliphatic rings. The quantitative estimate of drug-likeness (QED) is 0.682. The van der Waals surface area contributed by atoms with Crippen LogP contribution in [-0.4, -0.2) is 30.1 Å². The van der Waals surface area contributed by atoms with Gasteiger partial charge in [0.05, 0.1) is 12.1 Å². The fraction of sp³-hybridized carbons (Fsp3) is 0.417. The molecule has 0 spiro atoms. The average Bonchev–Trinajstić information content (AvgIpc) is 2.33. The van der Waals surface area contributed by atoms with Gasteiger partial charge in [0.2, 0.25) is 5.91 Å². The Morgan fingerprint density at radius 3 is 2.75 bits per heavy atom. The van der Waals surface area contributed by atoms with Gasteiger partial charge in [0.25, 0.3) is 0 Å². The first-order valence-corrected chi connectivity index (χ1v) is 5.51. The third-order valence-corrected chi connectivity index (χ3v) is 2.77. The summed E-state index contributed by atoms with van der Waals surface area (Å²) in [7, 11) is 0. The number of hydrogen-bond donors (Lipinski definition) is 3. The summed E-state index contributed by atoms with van der Waals surface area (Å²) < 4.78 is 0. The molecule has 0 radical (unpaired) electrons. The van der Waals surface area contributed by atoms with Crippen molar-refractivity contribution in [1.29, 1.82) is 0 Å². The molecular formula is C12H16N2O2. The van der Waals surface area contributed by atoms with E-state index in [1.165, 1.54) is 0 Å². The highest BCUT2D eigenvalue weighted by Crippen LogP contribution is 2.18. The zero-order chi connectivity index (χ0) is 11.4. The van der Waals surface area contributed by atoms with Crippen molar-refractivity contribution in [2.24, 2.45) is 0 Å². The van der Waals surface area contributed by atoms with Crippen LogP contribution in [-0.2, 0) is 4.79 Å². The third-order valence-electron chi connectivity index (χ3n) is 2.77. The van der Waals surface area contributed by atoms with Crippen LogP contribution in [0.5, 0.6) is 0 Å². The van der Waals surface area contributed by atoms with E-state index in [9.17, 15) is 9.90 Å². The molecule has 2 unspecified atom stereocenters. The number of nitrogens with one attached hydrogen (secondary N) is 2. The zero-order valence-corrected chi connectivity index (χ0v) is 9.02. The highest BCUT2D eigenvalue weighted by Gasteiger charge is 2.24. The highest BCUT2D eigenvalue weighted by molar-refractivity contribution is 5.82. The van der Waals surface area contributed by atoms with E-state index in [1.54, 1.807) is 0 Å². The number of carbonyl (C=O) groups excluding carboxylic acids is 1. The van der Waals surface area contributed by atoms with Gasteiger partial charge in [-0.3, -0.25) is 4.79 Å². The molecule has 4 nitrogen and oxygen atoms in total. The summed E-state index contributed by atoms with van der Waals surface area (Å²) in [6.07, 6.45) is -0.182. The summed E-state index contributed by atoms with van der Waals surface area (Å²) in [5.41, 5.74) is 0.850. The monoisotopic (exact) mass is 220 g/mol. The van der Waals surface area contributed by atoms with Crippen molar-refractivity contribution in [3.8, 4) is 0 Å². The topological polar surface area (TPSA) is 61.4 Å². The molecule has 1 amide bonds. The number of benzene rings is 1. The normalized spacial score (nSPS) is 22.6. The molecule has 2 rings (SSSR count). The Morgan fingerprint density at radius 1 is 1.31 bits per heavy atom. The maximum Gasteiger partial charge on any atom is 0.237 e. The Hall–Kier alpha value is -1.39. The van der Waals surface area contributed by atoms with Crippen molar-refractivity contribution < 1.29 is 9.90 Å². The van der Waals surface area contributed by atoms with Crippen LogP contribution in [0.1, 0.15) is 18.1 Å². The van der Waals surface area contributed by atoms with Gasteiger partial charge in [-0.15, -0.1) is 0 Å². The summed E-state index contributed by atoms with van der Waals surface area (Å²) in [6, 6.07) is 9.11. The number of aliphatic hydroxyl groups excluding tert-OH is 1. The summed E-state index contributed by atoms with van der Waals surface area (Å²) in [5, 5.41) is 15.8. The van der Waals surface area contributed by atoms with E-state index in [2.05, 4.69) is 10.6 Å². The number of rotatable bonds is 3. The molecule has 2 atom stereocenters. The van der Waals surface area contributed by atoms with Crippen molar-refractivity contribution in [3.63, 3.8) is 0 Å². The molecule has 1 aromatic rings. The fourth-order valence-electron chi connectivity index (χ4n) is 1.87. The number of piperazine rings is 1. The lowest BCUT2D eigenvalue weighted by Gasteiger charge is -2.25. The predicted octanol–water partition coefficient (Wildman–Crippen LogP) is 0.198. The van der Waals surface area contributed by atoms with E-state index >= 15 is 0 Å². The van der Waals surface area contributed by atoms with Gasteiger partial charge in [-0.25, -0.2) is 0 Å². The highest BCUT2D eigenvalue weighted by atomic mass is 16.3. The number of amides is 1. The lowest BCUT2D eigenvalue weighted by Crippen LogP contribution is -2.53. The maximum absolute atomic E-state index is 11.5. The van der Waals surface area contributed by atoms with Crippen LogP contribution < -0.4 is 10.6 Å². The molecule has 3 N–H and O–H groups in total. The molecule has 0 aliphatic carbocycles. The van der Waals surface area contributed by atoms with E-state index in [0.29, 0.717) is 13.0 Å². The first-order valence-electron chi connectivity index (χ1n) is 5.51. The molecule has 0 aromatic heterocycles. The summed E-state index contributed by atoms with van der Waals surface area (Å²) in [5.74, 6) is -0.0266. The summed E-state index contributed by atoms with van der Waals surface area (Å²) >= 11 is 0. The van der Waals surface area contributed by atoms with E-state index in [4.69, 9.17) is 0 Å². The van der Waals surface area contributed by atoms with Crippen molar-refractivity contribution in [3.05, 3.63) is 35.9 Å². The lowest BCUT2D eigenvalue weighted by atomic mass is 10.0. The predicted molar refractivity (Wildman–Crippen MR) is 60.8 cm³/mol. The third kappa shape index (κ3) is 2.59. The van der Waals surface area contributed by atoms with Gasteiger partial charge in [-0.1, -0.05) is 30.3 Å². The minimum absolute atomic E-state index is 0.0266. The van der Waals surface area contributed by atoms with Gasteiger partial charge in [-0.2, -0.15) is 0 Å². The smallest absolute Gasteiger partial charge is 0.237 e. The standard InChI is InChI=1S/C12H16N2O2/c15-11(9-4-2-1-3-5-9)8-10-12(16)14-7-6-13-10/h1-5,10-11,13,15H,6-8H2,(H,14,16). The van der Waals surface area contributed by atoms with Crippen molar-refractivity contribution >= 4 is 5.91 Å². The second-order valence-corrected chi connectivity index (χ2v) is 3.96. The number of aliphatic hydroxyl groups is 1. The van der Waals surface area contributed by atoms with E-state index in [0.717, 1.165) is 12.1 Å². The van der Waals surface area contributed by atoms with Crippen molar-refractivity contribution in [1.82, 2.24) is 10.6 Å². The average molecular weight is 220 g/mol. The van der Waals surface area contributed by atoms with Crippen molar-refractivity contribution in [2.75, 3.05) is 13.1 Å². The van der Waals surface area contributed by atoms with Gasteiger partial charge < -0.3 is 15.7 Å². The summed E-state index contributed by atoms with van der Waals surface area (Å²) in [4.78, 5) is 11.5. The second-order valence-electron chi connectivity index (χ2n) is 3.96. The molecule has 16 heavy (non-hydrogen) atoms. The lowest BCUT2D eigenvalue weighted by molar-refractivity contribution is -0.125. The van der Waals surface area contributed by atoms with Crippen LogP contribution in [0.3, 0.4) is 0 Å². The van der Waals surface area contributed by atoms with Crippen LogP contribution in [0.25, 0.3) is 0 Å². The van der Waals surface area contributed by atoms with Gasteiger partial charge in [0, 0.05) is 19.5 Å². The second kappa shape index (κ2) is 5.09.